The Hall–Kier alpha value is -8.17. The van der Waals surface area contributed by atoms with E-state index in [1.807, 2.05) is 0 Å². The quantitative estimate of drug-likeness (QED) is 0.0480. The summed E-state index contributed by atoms with van der Waals surface area (Å²) in [5.41, 5.74) is 6.88. The number of aromatic nitrogens is 1. The van der Waals surface area contributed by atoms with Crippen LogP contribution in [0.3, 0.4) is 0 Å². The van der Waals surface area contributed by atoms with Gasteiger partial charge >= 0.3 is 11.9 Å². The van der Waals surface area contributed by atoms with Gasteiger partial charge in [0.2, 0.25) is 65.0 Å². The highest BCUT2D eigenvalue weighted by atomic mass is 16.4. The number of nitrogens with one attached hydrogen (secondary N) is 7. The predicted molar refractivity (Wildman–Crippen MR) is 287 cm³/mol. The summed E-state index contributed by atoms with van der Waals surface area (Å²) in [5, 5.41) is 45.8. The summed E-state index contributed by atoms with van der Waals surface area (Å²) in [6, 6.07) is -5.80. The molecule has 0 saturated carbocycles. The van der Waals surface area contributed by atoms with Crippen molar-refractivity contribution in [1.29, 1.82) is 0 Å². The number of primary amides is 1. The van der Waals surface area contributed by atoms with Crippen LogP contribution in [0.2, 0.25) is 0 Å². The number of hydrogen-bond acceptors (Lipinski definition) is 14. The van der Waals surface area contributed by atoms with Crippen molar-refractivity contribution in [1.82, 2.24) is 56.5 Å². The van der Waals surface area contributed by atoms with Gasteiger partial charge in [-0.1, -0.05) is 38.5 Å². The molecule has 28 nitrogen and oxygen atoms in total. The standard InChI is InChI=1S/C54H74N12O16/c1-3-28(2)44(53(80)65-22-8-14-39(65)52(79)66-23-9-15-40(66)54(81)82)62-46(73)34(25-41(55)68)59-49(76)38-13-6-20-63(38)50(77)33(17-19-43(70)71)58-48(75)37-12-7-21-64(37)51(78)35(24-29-26-56-31-11-5-4-10-30(29)31)60-47(74)36(27-67)61-45(72)32-16-18-42(69)57-32/h4-5,10-11,26,28,32-40,44,56,67H,3,6-9,12-25,27H2,1-2H3,(H2,55,68)(H,57,69)(H,58,75)(H,59,76)(H,60,74)(H,61,72)(H,62,73)(H,70,71)(H,81,82)/t28-,32-,33-,34-,35-,36-,37-,38-,39-,40-,44-/m0/s1. The minimum absolute atomic E-state index is 0.0132. The van der Waals surface area contributed by atoms with Crippen LogP contribution in [0.5, 0.6) is 0 Å². The van der Waals surface area contributed by atoms with E-state index in [9.17, 15) is 77.6 Å². The number of aliphatic hydroxyl groups is 1. The van der Waals surface area contributed by atoms with Gasteiger partial charge < -0.3 is 77.5 Å². The molecule has 1 aromatic heterocycles. The molecule has 5 fully saturated rings. The number of carboxylic acid groups (broad SMARTS) is 2. The Morgan fingerprint density at radius 3 is 1.78 bits per heavy atom. The first-order chi connectivity index (χ1) is 39.1. The third kappa shape index (κ3) is 14.5. The number of benzene rings is 1. The van der Waals surface area contributed by atoms with Crippen LogP contribution in [0.1, 0.15) is 109 Å². The monoisotopic (exact) mass is 1150 g/mol. The average molecular weight is 1150 g/mol. The number of carbonyl (C=O) groups is 13. The van der Waals surface area contributed by atoms with Crippen molar-refractivity contribution >= 4 is 87.8 Å². The van der Waals surface area contributed by atoms with Crippen molar-refractivity contribution in [2.45, 2.75) is 171 Å². The number of carboxylic acids is 2. The molecule has 12 N–H and O–H groups in total. The fraction of sp³-hybridized carbons (Fsp3) is 0.611. The topological polar surface area (TPSA) is 410 Å². The van der Waals surface area contributed by atoms with Crippen molar-refractivity contribution in [2.24, 2.45) is 11.7 Å². The van der Waals surface area contributed by atoms with E-state index in [4.69, 9.17) is 5.73 Å². The number of para-hydroxylation sites is 1. The lowest BCUT2D eigenvalue weighted by molar-refractivity contribution is -0.152. The minimum atomic E-state index is -1.67. The van der Waals surface area contributed by atoms with Gasteiger partial charge in [0.1, 0.15) is 60.4 Å². The van der Waals surface area contributed by atoms with Gasteiger partial charge in [-0.3, -0.25) is 57.5 Å². The second-order valence-corrected chi connectivity index (χ2v) is 21.7. The van der Waals surface area contributed by atoms with Gasteiger partial charge in [0, 0.05) is 62.5 Å². The lowest BCUT2D eigenvalue weighted by Gasteiger charge is -2.34. The smallest absolute Gasteiger partial charge is 0.326 e. The van der Waals surface area contributed by atoms with Crippen LogP contribution in [0.25, 0.3) is 10.9 Å². The van der Waals surface area contributed by atoms with Crippen molar-refractivity contribution in [3.05, 3.63) is 36.0 Å². The first kappa shape index (κ1) is 61.4. The fourth-order valence-corrected chi connectivity index (χ4v) is 11.6. The zero-order valence-corrected chi connectivity index (χ0v) is 45.9. The molecule has 0 spiro atoms. The molecule has 82 heavy (non-hydrogen) atoms. The molecule has 28 heteroatoms. The van der Waals surface area contributed by atoms with E-state index in [2.05, 4.69) is 36.9 Å². The molecule has 2 aromatic rings. The maximum Gasteiger partial charge on any atom is 0.326 e. The number of fused-ring (bicyclic) bond motifs is 1. The third-order valence-electron chi connectivity index (χ3n) is 16.2. The van der Waals surface area contributed by atoms with E-state index < -0.39 is 163 Å². The Kier molecular flexibility index (Phi) is 20.6. The van der Waals surface area contributed by atoms with Crippen molar-refractivity contribution < 1.29 is 77.6 Å². The van der Waals surface area contributed by atoms with Gasteiger partial charge in [-0.15, -0.1) is 0 Å². The normalized spacial score (nSPS) is 22.8. The predicted octanol–water partition coefficient (Wildman–Crippen LogP) is -2.76. The Morgan fingerprint density at radius 1 is 0.659 bits per heavy atom. The summed E-state index contributed by atoms with van der Waals surface area (Å²) in [6.07, 6.45) is 2.42. The van der Waals surface area contributed by atoms with Crippen molar-refractivity contribution in [3.63, 3.8) is 0 Å². The average Bonchev–Trinajstić information content (AvgIpc) is 4.52. The third-order valence-corrected chi connectivity index (χ3v) is 16.2. The van der Waals surface area contributed by atoms with Gasteiger partial charge in [-0.25, -0.2) is 4.79 Å². The molecular weight excluding hydrogens is 1070 g/mol. The van der Waals surface area contributed by atoms with Crippen LogP contribution in [0, 0.1) is 5.92 Å². The first-order valence-electron chi connectivity index (χ1n) is 28.0. The molecule has 0 bridgehead atoms. The summed E-state index contributed by atoms with van der Waals surface area (Å²) in [5.74, 6) is -11.5. The van der Waals surface area contributed by atoms with Crippen LogP contribution in [-0.2, 0) is 68.7 Å². The second kappa shape index (κ2) is 27.5. The summed E-state index contributed by atoms with van der Waals surface area (Å²) in [7, 11) is 0. The molecule has 11 atom stereocenters. The largest absolute Gasteiger partial charge is 0.481 e. The maximum atomic E-state index is 14.7. The number of aromatic amines is 1. The highest BCUT2D eigenvalue weighted by Gasteiger charge is 2.47. The minimum Gasteiger partial charge on any atom is -0.481 e. The Labute approximate surface area is 471 Å². The summed E-state index contributed by atoms with van der Waals surface area (Å²) >= 11 is 0. The summed E-state index contributed by atoms with van der Waals surface area (Å²) in [6.45, 7) is 2.90. The molecule has 7 rings (SSSR count). The van der Waals surface area contributed by atoms with Crippen LogP contribution < -0.4 is 37.6 Å². The molecule has 6 heterocycles. The second-order valence-electron chi connectivity index (χ2n) is 21.7. The van der Waals surface area contributed by atoms with Crippen LogP contribution in [0.4, 0.5) is 0 Å². The SMILES string of the molecule is CC[C@H](C)[C@H](NC(=O)[C@H](CC(N)=O)NC(=O)[C@@H]1CCCN1C(=O)[C@H](CCC(=O)O)NC(=O)[C@@H]1CCCN1C(=O)[C@H](Cc1c[nH]c2ccccc12)NC(=O)[C@H](CO)NC(=O)[C@@H]1CCC(=O)N1)C(=O)N1CCC[C@H]1C(=O)N1CCC[C@H]1C(=O)O. The zero-order chi connectivity index (χ0) is 59.5. The molecule has 0 aliphatic carbocycles. The first-order valence-corrected chi connectivity index (χ1v) is 28.0. The fourth-order valence-electron chi connectivity index (χ4n) is 11.6. The Morgan fingerprint density at radius 2 is 1.21 bits per heavy atom. The number of amides is 11. The Balaban J connectivity index is 1.05. The van der Waals surface area contributed by atoms with Gasteiger partial charge in [0.05, 0.1) is 13.0 Å². The van der Waals surface area contributed by atoms with E-state index in [0.29, 0.717) is 31.2 Å². The molecular formula is C54H74N12O16. The van der Waals surface area contributed by atoms with Gasteiger partial charge in [-0.05, 0) is 81.8 Å². The highest BCUT2D eigenvalue weighted by Crippen LogP contribution is 2.28. The zero-order valence-electron chi connectivity index (χ0n) is 45.9. The van der Waals surface area contributed by atoms with E-state index in [0.717, 1.165) is 15.8 Å². The maximum absolute atomic E-state index is 14.7. The number of nitrogens with two attached hydrogens (primary N) is 1. The number of hydrogen-bond donors (Lipinski definition) is 11. The number of aliphatic carboxylic acids is 2. The molecule has 0 radical (unpaired) electrons. The van der Waals surface area contributed by atoms with E-state index in [-0.39, 0.29) is 83.5 Å². The molecule has 11 amide bonds. The molecule has 1 aromatic carbocycles. The number of carbonyl (C=O) groups excluding carboxylic acids is 11. The van der Waals surface area contributed by atoms with Crippen LogP contribution in [-0.4, -0.2) is 210 Å². The Bertz CT molecular complexity index is 2810. The lowest BCUT2D eigenvalue weighted by Crippen LogP contribution is -2.61. The van der Waals surface area contributed by atoms with Crippen molar-refractivity contribution in [3.8, 4) is 0 Å². The number of nitrogens with zero attached hydrogens (tertiary/aromatic N) is 4. The number of likely N-dealkylation sites (tertiary alicyclic amines) is 4. The highest BCUT2D eigenvalue weighted by molar-refractivity contribution is 6.01. The molecule has 5 aliphatic rings. The number of aliphatic hydroxyl groups excluding tert-OH is 1. The number of rotatable bonds is 25. The van der Waals surface area contributed by atoms with Gasteiger partial charge in [-0.2, -0.15) is 0 Å². The van der Waals surface area contributed by atoms with Gasteiger partial charge in [0.15, 0.2) is 0 Å². The van der Waals surface area contributed by atoms with Crippen LogP contribution >= 0.6 is 0 Å². The molecule has 446 valence electrons. The summed E-state index contributed by atoms with van der Waals surface area (Å²) < 4.78 is 0. The molecule has 5 aliphatic heterocycles. The van der Waals surface area contributed by atoms with Crippen molar-refractivity contribution in [2.75, 3.05) is 32.8 Å². The molecule has 5 saturated heterocycles. The molecule has 0 unspecified atom stereocenters. The van der Waals surface area contributed by atoms with Crippen LogP contribution in [0.15, 0.2) is 30.5 Å². The summed E-state index contributed by atoms with van der Waals surface area (Å²) in [4.78, 5) is 183. The van der Waals surface area contributed by atoms with E-state index in [1.165, 1.54) is 14.7 Å². The van der Waals surface area contributed by atoms with E-state index in [1.54, 1.807) is 44.3 Å². The number of H-pyrrole nitrogens is 1. The van der Waals surface area contributed by atoms with E-state index >= 15 is 0 Å². The lowest BCUT2D eigenvalue weighted by atomic mass is 9.96. The van der Waals surface area contributed by atoms with Gasteiger partial charge in [0.25, 0.3) is 0 Å².